The van der Waals surface area contributed by atoms with Crippen LogP contribution in [0.4, 0.5) is 5.69 Å². The summed E-state index contributed by atoms with van der Waals surface area (Å²) in [5, 5.41) is 27.2. The average molecular weight is 445 g/mol. The first-order valence-corrected chi connectivity index (χ1v) is 9.91. The minimum absolute atomic E-state index is 0.0422. The molecule has 166 valence electrons. The summed E-state index contributed by atoms with van der Waals surface area (Å²) in [6.45, 7) is 3.51. The van der Waals surface area contributed by atoms with E-state index in [0.717, 1.165) is 21.5 Å². The minimum atomic E-state index is -0.458. The van der Waals surface area contributed by atoms with Crippen molar-refractivity contribution in [2.75, 3.05) is 0 Å². The van der Waals surface area contributed by atoms with E-state index >= 15 is 0 Å². The lowest BCUT2D eigenvalue weighted by atomic mass is 10.0. The zero-order valence-electron chi connectivity index (χ0n) is 17.8. The van der Waals surface area contributed by atoms with Crippen LogP contribution in [0.3, 0.4) is 0 Å². The van der Waals surface area contributed by atoms with Crippen LogP contribution in [0.5, 0.6) is 0 Å². The van der Waals surface area contributed by atoms with Crippen LogP contribution in [0.25, 0.3) is 22.7 Å². The molecule has 0 aliphatic heterocycles. The first-order valence-electron chi connectivity index (χ1n) is 9.91. The Kier molecular flexibility index (Phi) is 6.02. The molecule has 0 atom stereocenters. The van der Waals surface area contributed by atoms with Crippen LogP contribution >= 0.6 is 0 Å². The highest BCUT2D eigenvalue weighted by Crippen LogP contribution is 2.33. The van der Waals surface area contributed by atoms with Crippen molar-refractivity contribution in [2.24, 2.45) is 5.10 Å². The summed E-state index contributed by atoms with van der Waals surface area (Å²) in [7, 11) is 0. The summed E-state index contributed by atoms with van der Waals surface area (Å²) in [5.41, 5.74) is 5.21. The molecule has 4 aromatic rings. The van der Waals surface area contributed by atoms with Gasteiger partial charge in [-0.15, -0.1) is 10.2 Å². The molecule has 11 heteroatoms. The molecule has 0 aliphatic rings. The number of aromatic nitrogens is 4. The fourth-order valence-electron chi connectivity index (χ4n) is 3.06. The van der Waals surface area contributed by atoms with E-state index in [0.29, 0.717) is 22.9 Å². The minimum Gasteiger partial charge on any atom is -0.455 e. The predicted molar refractivity (Wildman–Crippen MR) is 119 cm³/mol. The molecule has 0 bridgehead atoms. The Bertz CT molecular complexity index is 1340. The molecule has 2 heterocycles. The number of nitrogens with zero attached hydrogens (tertiary/aromatic N) is 6. The van der Waals surface area contributed by atoms with Crippen molar-refractivity contribution in [1.82, 2.24) is 25.6 Å². The maximum atomic E-state index is 12.1. The van der Waals surface area contributed by atoms with Crippen molar-refractivity contribution >= 4 is 17.8 Å². The van der Waals surface area contributed by atoms with Crippen LogP contribution in [0.1, 0.15) is 16.9 Å². The summed E-state index contributed by atoms with van der Waals surface area (Å²) in [6.07, 6.45) is 1.30. The van der Waals surface area contributed by atoms with Gasteiger partial charge in [0, 0.05) is 11.6 Å². The lowest BCUT2D eigenvalue weighted by Crippen LogP contribution is -2.24. The summed E-state index contributed by atoms with van der Waals surface area (Å²) < 4.78 is 5.66. The van der Waals surface area contributed by atoms with Crippen LogP contribution in [-0.2, 0) is 11.3 Å². The summed E-state index contributed by atoms with van der Waals surface area (Å²) in [4.78, 5) is 24.2. The molecule has 11 nitrogen and oxygen atoms in total. The molecule has 1 N–H and O–H groups in total. The molecular weight excluding hydrogens is 426 g/mol. The third-order valence-corrected chi connectivity index (χ3v) is 4.85. The number of nitro benzene ring substituents is 1. The number of carbonyl (C=O) groups is 1. The molecule has 0 saturated heterocycles. The number of rotatable bonds is 7. The van der Waals surface area contributed by atoms with Crippen molar-refractivity contribution in [3.8, 4) is 22.7 Å². The van der Waals surface area contributed by atoms with Crippen molar-refractivity contribution < 1.29 is 14.1 Å². The molecule has 1 amide bonds. The fourth-order valence-corrected chi connectivity index (χ4v) is 3.06. The third kappa shape index (κ3) is 4.98. The van der Waals surface area contributed by atoms with Gasteiger partial charge in [-0.1, -0.05) is 30.3 Å². The number of benzene rings is 2. The number of nitro groups is 1. The van der Waals surface area contributed by atoms with Gasteiger partial charge in [0.05, 0.1) is 16.7 Å². The largest absolute Gasteiger partial charge is 0.455 e. The molecule has 0 spiro atoms. The summed E-state index contributed by atoms with van der Waals surface area (Å²) >= 11 is 0. The highest BCUT2D eigenvalue weighted by Gasteiger charge is 2.19. The lowest BCUT2D eigenvalue weighted by Gasteiger charge is -2.04. The number of tetrazole rings is 1. The first-order chi connectivity index (χ1) is 15.9. The van der Waals surface area contributed by atoms with Crippen LogP contribution in [0.15, 0.2) is 64.1 Å². The van der Waals surface area contributed by atoms with E-state index in [1.165, 1.54) is 12.3 Å². The van der Waals surface area contributed by atoms with E-state index in [1.807, 2.05) is 44.2 Å². The second-order valence-electron chi connectivity index (χ2n) is 7.22. The van der Waals surface area contributed by atoms with Gasteiger partial charge in [0.2, 0.25) is 5.82 Å². The smallest absolute Gasteiger partial charge is 0.280 e. The number of hydrazone groups is 1. The number of amides is 1. The number of hydrogen-bond acceptors (Lipinski definition) is 8. The van der Waals surface area contributed by atoms with Crippen LogP contribution in [-0.4, -0.2) is 37.3 Å². The number of hydrogen-bond donors (Lipinski definition) is 1. The number of nitrogens with one attached hydrogen (secondary N) is 1. The van der Waals surface area contributed by atoms with Gasteiger partial charge in [0.25, 0.3) is 11.6 Å². The van der Waals surface area contributed by atoms with E-state index in [1.54, 1.807) is 18.2 Å². The van der Waals surface area contributed by atoms with Gasteiger partial charge in [0.15, 0.2) is 0 Å². The maximum Gasteiger partial charge on any atom is 0.280 e. The van der Waals surface area contributed by atoms with Gasteiger partial charge >= 0.3 is 0 Å². The molecule has 2 aromatic heterocycles. The zero-order valence-corrected chi connectivity index (χ0v) is 17.8. The van der Waals surface area contributed by atoms with Crippen molar-refractivity contribution in [2.45, 2.75) is 20.4 Å². The van der Waals surface area contributed by atoms with E-state index in [9.17, 15) is 14.9 Å². The average Bonchev–Trinajstić information content (AvgIpc) is 3.46. The van der Waals surface area contributed by atoms with E-state index in [-0.39, 0.29) is 12.2 Å². The number of aryl methyl sites for hydroxylation is 2. The second kappa shape index (κ2) is 9.22. The van der Waals surface area contributed by atoms with E-state index < -0.39 is 10.8 Å². The number of carbonyl (C=O) groups excluding carboxylic acids is 1. The zero-order chi connectivity index (χ0) is 23.4. The van der Waals surface area contributed by atoms with Crippen LogP contribution < -0.4 is 5.43 Å². The monoisotopic (exact) mass is 445 g/mol. The molecule has 2 aromatic carbocycles. The number of furan rings is 1. The van der Waals surface area contributed by atoms with Crippen LogP contribution in [0, 0.1) is 24.0 Å². The Morgan fingerprint density at radius 1 is 1.18 bits per heavy atom. The van der Waals surface area contributed by atoms with Crippen molar-refractivity contribution in [3.05, 3.63) is 81.6 Å². The Morgan fingerprint density at radius 2 is 1.94 bits per heavy atom. The highest BCUT2D eigenvalue weighted by molar-refractivity contribution is 5.81. The SMILES string of the molecule is Cc1cc(-c2ccc(/C=N\NC(=O)Cn3nnc(-c4ccccc4)n3)o2)c([N+](=O)[O-])cc1C. The predicted octanol–water partition coefficient (Wildman–Crippen LogP) is 3.28. The van der Waals surface area contributed by atoms with Gasteiger partial charge in [0.1, 0.15) is 18.1 Å². The van der Waals surface area contributed by atoms with Gasteiger partial charge in [-0.05, 0) is 48.4 Å². The quantitative estimate of drug-likeness (QED) is 0.261. The van der Waals surface area contributed by atoms with Crippen molar-refractivity contribution in [1.29, 1.82) is 0 Å². The fraction of sp³-hybridized carbons (Fsp3) is 0.136. The lowest BCUT2D eigenvalue weighted by molar-refractivity contribution is -0.384. The Hall–Kier alpha value is -4.67. The molecular formula is C22H19N7O4. The van der Waals surface area contributed by atoms with E-state index in [2.05, 4.69) is 25.9 Å². The Balaban J connectivity index is 1.39. The topological polar surface area (TPSA) is 141 Å². The molecule has 0 radical (unpaired) electrons. The molecule has 0 saturated carbocycles. The maximum absolute atomic E-state index is 12.1. The normalized spacial score (nSPS) is 11.1. The van der Waals surface area contributed by atoms with Gasteiger partial charge in [-0.2, -0.15) is 9.90 Å². The molecule has 0 unspecified atom stereocenters. The van der Waals surface area contributed by atoms with Crippen LogP contribution in [0.2, 0.25) is 0 Å². The Labute approximate surface area is 187 Å². The molecule has 0 fully saturated rings. The second-order valence-corrected chi connectivity index (χ2v) is 7.22. The molecule has 4 rings (SSSR count). The van der Waals surface area contributed by atoms with Crippen molar-refractivity contribution in [3.63, 3.8) is 0 Å². The third-order valence-electron chi connectivity index (χ3n) is 4.85. The standard InChI is InChI=1S/C22H19N7O4/c1-14-10-18(19(29(31)32)11-15(14)2)20-9-8-17(33-20)12-23-24-21(30)13-28-26-22(25-27-28)16-6-4-3-5-7-16/h3-12H,13H2,1-2H3,(H,24,30)/b23-12-. The first kappa shape index (κ1) is 21.6. The molecule has 33 heavy (non-hydrogen) atoms. The highest BCUT2D eigenvalue weighted by atomic mass is 16.6. The molecule has 0 aliphatic carbocycles. The summed E-state index contributed by atoms with van der Waals surface area (Å²) in [6, 6.07) is 15.7. The van der Waals surface area contributed by atoms with E-state index in [4.69, 9.17) is 4.42 Å². The summed E-state index contributed by atoms with van der Waals surface area (Å²) in [5.74, 6) is 0.608. The van der Waals surface area contributed by atoms with Gasteiger partial charge in [-0.25, -0.2) is 5.43 Å². The van der Waals surface area contributed by atoms with Gasteiger partial charge in [-0.3, -0.25) is 14.9 Å². The Morgan fingerprint density at radius 3 is 2.70 bits per heavy atom. The van der Waals surface area contributed by atoms with Gasteiger partial charge < -0.3 is 4.42 Å².